The number of para-hydroxylation sites is 2. The molecule has 1 heterocycles. The molecule has 5 nitrogen and oxygen atoms in total. The molecule has 0 atom stereocenters. The molecule has 2 aromatic carbocycles. The fourth-order valence-electron chi connectivity index (χ4n) is 2.19. The van der Waals surface area contributed by atoms with Crippen molar-refractivity contribution in [3.63, 3.8) is 0 Å². The average molecular weight is 326 g/mol. The Kier molecular flexibility index (Phi) is 4.68. The number of aromatic nitrogens is 3. The second kappa shape index (κ2) is 7.07. The van der Waals surface area contributed by atoms with Crippen molar-refractivity contribution in [2.75, 3.05) is 10.6 Å². The summed E-state index contributed by atoms with van der Waals surface area (Å²) in [5, 5.41) is 14.9. The third kappa shape index (κ3) is 3.76. The zero-order valence-corrected chi connectivity index (χ0v) is 13.4. The molecule has 0 amide bonds. The van der Waals surface area contributed by atoms with Gasteiger partial charge in [0, 0.05) is 5.69 Å². The summed E-state index contributed by atoms with van der Waals surface area (Å²) >= 11 is 6.13. The van der Waals surface area contributed by atoms with E-state index in [1.807, 2.05) is 36.4 Å². The van der Waals surface area contributed by atoms with E-state index in [0.717, 1.165) is 17.8 Å². The van der Waals surface area contributed by atoms with E-state index in [0.29, 0.717) is 16.8 Å². The fraction of sp³-hybridized carbons (Fsp3) is 0.118. The summed E-state index contributed by atoms with van der Waals surface area (Å²) in [5.74, 6) is 1.01. The molecule has 0 bridgehead atoms. The van der Waals surface area contributed by atoms with Gasteiger partial charge in [-0.3, -0.25) is 0 Å². The van der Waals surface area contributed by atoms with Crippen LogP contribution < -0.4 is 10.6 Å². The molecule has 6 heteroatoms. The number of nitrogens with zero attached hydrogens (tertiary/aromatic N) is 3. The van der Waals surface area contributed by atoms with Gasteiger partial charge in [-0.1, -0.05) is 48.9 Å². The number of halogens is 1. The predicted molar refractivity (Wildman–Crippen MR) is 93.7 cm³/mol. The topological polar surface area (TPSA) is 62.7 Å². The van der Waals surface area contributed by atoms with Gasteiger partial charge >= 0.3 is 0 Å². The molecular formula is C17H16ClN5. The normalized spacial score (nSPS) is 10.3. The van der Waals surface area contributed by atoms with Gasteiger partial charge in [0.05, 0.1) is 16.9 Å². The van der Waals surface area contributed by atoms with E-state index in [4.69, 9.17) is 11.6 Å². The van der Waals surface area contributed by atoms with Crippen LogP contribution in [0.5, 0.6) is 0 Å². The second-order valence-corrected chi connectivity index (χ2v) is 5.31. The highest BCUT2D eigenvalue weighted by Gasteiger charge is 2.06. The highest BCUT2D eigenvalue weighted by atomic mass is 35.5. The van der Waals surface area contributed by atoms with Gasteiger partial charge in [-0.25, -0.2) is 0 Å². The molecule has 0 spiro atoms. The Balaban J connectivity index is 1.81. The van der Waals surface area contributed by atoms with Crippen LogP contribution >= 0.6 is 11.6 Å². The molecule has 1 aromatic heterocycles. The first-order valence-electron chi connectivity index (χ1n) is 7.32. The third-order valence-corrected chi connectivity index (χ3v) is 3.67. The van der Waals surface area contributed by atoms with Gasteiger partial charge in [-0.15, -0.1) is 5.10 Å². The molecule has 116 valence electrons. The van der Waals surface area contributed by atoms with E-state index in [-0.39, 0.29) is 0 Å². The van der Waals surface area contributed by atoms with E-state index >= 15 is 0 Å². The summed E-state index contributed by atoms with van der Waals surface area (Å²) in [6, 6.07) is 15.5. The Hall–Kier alpha value is -2.66. The van der Waals surface area contributed by atoms with Gasteiger partial charge in [0.1, 0.15) is 0 Å². The van der Waals surface area contributed by atoms with E-state index in [1.54, 1.807) is 12.3 Å². The first kappa shape index (κ1) is 15.2. The minimum absolute atomic E-state index is 0.386. The molecular weight excluding hydrogens is 310 g/mol. The lowest BCUT2D eigenvalue weighted by Crippen LogP contribution is -2.03. The molecule has 0 aliphatic rings. The Labute approximate surface area is 139 Å². The molecule has 0 unspecified atom stereocenters. The predicted octanol–water partition coefficient (Wildman–Crippen LogP) is 4.57. The smallest absolute Gasteiger partial charge is 0.249 e. The summed E-state index contributed by atoms with van der Waals surface area (Å²) in [5.41, 5.74) is 2.97. The summed E-state index contributed by atoms with van der Waals surface area (Å²) in [6.45, 7) is 2.11. The Morgan fingerprint density at radius 2 is 1.70 bits per heavy atom. The maximum absolute atomic E-state index is 6.13. The minimum atomic E-state index is 0.386. The van der Waals surface area contributed by atoms with Crippen LogP contribution in [0.1, 0.15) is 12.5 Å². The molecule has 0 aliphatic heterocycles. The quantitative estimate of drug-likeness (QED) is 0.719. The molecule has 0 fully saturated rings. The summed E-state index contributed by atoms with van der Waals surface area (Å²) in [6.07, 6.45) is 2.52. The largest absolute Gasteiger partial charge is 0.339 e. The Morgan fingerprint density at radius 1 is 0.957 bits per heavy atom. The number of anilines is 4. The van der Waals surface area contributed by atoms with Crippen LogP contribution in [0, 0.1) is 0 Å². The number of aryl methyl sites for hydroxylation is 1. The maximum atomic E-state index is 6.13. The van der Waals surface area contributed by atoms with E-state index in [2.05, 4.69) is 38.8 Å². The number of hydrogen-bond donors (Lipinski definition) is 2. The Morgan fingerprint density at radius 3 is 2.48 bits per heavy atom. The van der Waals surface area contributed by atoms with Gasteiger partial charge in [-0.05, 0) is 30.2 Å². The van der Waals surface area contributed by atoms with Crippen LogP contribution in [0.3, 0.4) is 0 Å². The van der Waals surface area contributed by atoms with Crippen molar-refractivity contribution in [2.45, 2.75) is 13.3 Å². The van der Waals surface area contributed by atoms with Crippen molar-refractivity contribution in [3.05, 3.63) is 65.3 Å². The van der Waals surface area contributed by atoms with Crippen LogP contribution in [-0.2, 0) is 6.42 Å². The zero-order chi connectivity index (χ0) is 16.1. The second-order valence-electron chi connectivity index (χ2n) is 4.91. The van der Waals surface area contributed by atoms with Crippen LogP contribution in [0.15, 0.2) is 54.7 Å². The summed E-state index contributed by atoms with van der Waals surface area (Å²) in [7, 11) is 0. The molecule has 0 radical (unpaired) electrons. The SMILES string of the molecule is CCc1ccccc1Nc1cnnc(Nc2ccccc2Cl)n1. The van der Waals surface area contributed by atoms with Crippen LogP contribution in [0.25, 0.3) is 0 Å². The van der Waals surface area contributed by atoms with E-state index in [1.165, 1.54) is 5.56 Å². The molecule has 0 saturated heterocycles. The van der Waals surface area contributed by atoms with Gasteiger partial charge in [0.25, 0.3) is 0 Å². The van der Waals surface area contributed by atoms with Crippen molar-refractivity contribution in [1.82, 2.24) is 15.2 Å². The summed E-state index contributed by atoms with van der Waals surface area (Å²) < 4.78 is 0. The lowest BCUT2D eigenvalue weighted by molar-refractivity contribution is 0.981. The molecule has 3 aromatic rings. The van der Waals surface area contributed by atoms with Crippen molar-refractivity contribution in [2.24, 2.45) is 0 Å². The standard InChI is InChI=1S/C17H16ClN5/c1-2-12-7-3-5-9-14(12)20-16-11-19-23-17(22-16)21-15-10-6-4-8-13(15)18/h3-11H,2H2,1H3,(H2,20,21,22,23). The molecule has 0 saturated carbocycles. The first-order valence-corrected chi connectivity index (χ1v) is 7.70. The number of benzene rings is 2. The molecule has 2 N–H and O–H groups in total. The molecule has 3 rings (SSSR count). The molecule has 0 aliphatic carbocycles. The van der Waals surface area contributed by atoms with Gasteiger partial charge in [0.15, 0.2) is 5.82 Å². The van der Waals surface area contributed by atoms with Gasteiger partial charge < -0.3 is 10.6 Å². The monoisotopic (exact) mass is 325 g/mol. The lowest BCUT2D eigenvalue weighted by atomic mass is 10.1. The van der Waals surface area contributed by atoms with Crippen molar-refractivity contribution in [3.8, 4) is 0 Å². The number of rotatable bonds is 5. The van der Waals surface area contributed by atoms with Crippen molar-refractivity contribution in [1.29, 1.82) is 0 Å². The maximum Gasteiger partial charge on any atom is 0.249 e. The van der Waals surface area contributed by atoms with Crippen LogP contribution in [0.4, 0.5) is 23.1 Å². The van der Waals surface area contributed by atoms with E-state index in [9.17, 15) is 0 Å². The Bertz CT molecular complexity index is 806. The minimum Gasteiger partial charge on any atom is -0.339 e. The first-order chi connectivity index (χ1) is 11.3. The summed E-state index contributed by atoms with van der Waals surface area (Å²) in [4.78, 5) is 4.43. The average Bonchev–Trinajstić information content (AvgIpc) is 2.58. The highest BCUT2D eigenvalue weighted by Crippen LogP contribution is 2.24. The van der Waals surface area contributed by atoms with Crippen LogP contribution in [-0.4, -0.2) is 15.2 Å². The number of nitrogens with one attached hydrogen (secondary N) is 2. The number of hydrogen-bond acceptors (Lipinski definition) is 5. The zero-order valence-electron chi connectivity index (χ0n) is 12.6. The van der Waals surface area contributed by atoms with Crippen molar-refractivity contribution >= 4 is 34.7 Å². The lowest BCUT2D eigenvalue weighted by Gasteiger charge is -2.11. The van der Waals surface area contributed by atoms with Gasteiger partial charge in [-0.2, -0.15) is 10.1 Å². The van der Waals surface area contributed by atoms with E-state index < -0.39 is 0 Å². The molecule has 23 heavy (non-hydrogen) atoms. The van der Waals surface area contributed by atoms with Crippen LogP contribution in [0.2, 0.25) is 5.02 Å². The third-order valence-electron chi connectivity index (χ3n) is 3.34. The highest BCUT2D eigenvalue weighted by molar-refractivity contribution is 6.33. The van der Waals surface area contributed by atoms with Crippen molar-refractivity contribution < 1.29 is 0 Å². The fourth-order valence-corrected chi connectivity index (χ4v) is 2.37. The van der Waals surface area contributed by atoms with Gasteiger partial charge in [0.2, 0.25) is 5.95 Å².